The molecule has 0 spiro atoms. The van der Waals surface area contributed by atoms with Gasteiger partial charge in [-0.2, -0.15) is 0 Å². The summed E-state index contributed by atoms with van der Waals surface area (Å²) in [6.45, 7) is 14.6. The topological polar surface area (TPSA) is 563 Å². The van der Waals surface area contributed by atoms with Crippen molar-refractivity contribution >= 4 is 76.7 Å². The van der Waals surface area contributed by atoms with E-state index in [9.17, 15) is 69.0 Å². The Hall–Kier alpha value is -9.82. The standard InChI is InChI=1S/C73H103N19O20/c1-32(2)53-69(107)111-57(34(5)6)67(105)91-48(26-41(95)30-78-91)61(99)80-46(15-11-13-21-76-87-74)59(97)85-55(36(9)93)65(103)89-50(63(101)83-53)28-72(109)43-23-38(17-18-40(43)25-52(72)89)39-19-20-45-44(24-39)73(110)29-51-64(102)84-54(33(3)4)70(108)112-58(35(7)8)68(106)92-49(27-42(96)31-79-92)62(100)81-47(16-12-14-22-77-88-75)60(98)86-56(37(10)94)66(104)90(51)71(73)82-45/h17-20,23-24,32-37,41-42,46-58,71,78-79,82,93-96,109-110H,11-16,21-22,25-31H2,1-10H3,(H,80,99)(H,81,100)(H,83,101)(H,84,102)(H,85,97)(H,86,98)/t36-,37-,41+,42+,46-,47-,48+,49+,50-,51-,52+,53+,54+,55+,56+,57-,58-,71-,72+,73+/m0/s1. The molecule has 0 aromatic heterocycles. The molecule has 0 bridgehead atoms. The second kappa shape index (κ2) is 35.1. The normalized spacial score (nSPS) is 32.3. The maximum Gasteiger partial charge on any atom is 0.329 e. The zero-order chi connectivity index (χ0) is 81.9. The lowest BCUT2D eigenvalue weighted by molar-refractivity contribution is -0.172. The first-order valence-electron chi connectivity index (χ1n) is 38.2. The molecule has 6 saturated heterocycles. The molecular weight excluding hydrogens is 1460 g/mol. The van der Waals surface area contributed by atoms with Gasteiger partial charge in [-0.3, -0.25) is 58.0 Å². The first-order valence-corrected chi connectivity index (χ1v) is 38.2. The van der Waals surface area contributed by atoms with Gasteiger partial charge in [-0.1, -0.05) is 96.7 Å². The van der Waals surface area contributed by atoms with Crippen molar-refractivity contribution in [3.05, 3.63) is 74.0 Å². The molecular formula is C73H103N19O20. The number of hydrazine groups is 2. The second-order valence-corrected chi connectivity index (χ2v) is 31.8. The van der Waals surface area contributed by atoms with E-state index in [0.29, 0.717) is 16.7 Å². The predicted molar refractivity (Wildman–Crippen MR) is 393 cm³/mol. The van der Waals surface area contributed by atoms with Crippen molar-refractivity contribution in [2.75, 3.05) is 31.5 Å². The number of cyclic esters (lactones) is 2. The van der Waals surface area contributed by atoms with E-state index in [4.69, 9.17) is 20.5 Å². The van der Waals surface area contributed by atoms with Crippen LogP contribution in [0.5, 0.6) is 0 Å². The highest BCUT2D eigenvalue weighted by molar-refractivity contribution is 6.01. The average molecular weight is 1570 g/mol. The van der Waals surface area contributed by atoms with Gasteiger partial charge in [0.05, 0.1) is 30.5 Å². The SMILES string of the molecule is CC(C)[C@@H]1OC(=O)[C@@H](C(C)C)NC(=O)[C@@H]2C[C@@]3(O)c4cc(-c5ccc6c(c5)[C@]5(O)C[C@H]7C(=O)N[C@H](C(C)C)C(=O)O[C@@H](C(C)C)C(=O)N8NC[C@H](O)C[C@@H]8C(=O)N[C@@H](CCCCN=[N+]=[N-])C(=O)N[C@H]([C@H](C)O)C(=O)N7[C@@H]5N6)ccc4C[C@H]3N2C(=O)[C@@H]([C@H](C)O)NC(=O)[C@H](CCCCN=[N+]=[N-])NC(=O)[C@H]2C[C@@H](O)CNN2C1=O. The van der Waals surface area contributed by atoms with Crippen LogP contribution < -0.4 is 48.1 Å². The second-order valence-electron chi connectivity index (χ2n) is 31.8. The van der Waals surface area contributed by atoms with E-state index in [-0.39, 0.29) is 101 Å². The van der Waals surface area contributed by atoms with E-state index >= 15 is 19.2 Å². The largest absolute Gasteiger partial charge is 0.450 e. The molecule has 20 atom stereocenters. The van der Waals surface area contributed by atoms with Crippen LogP contribution in [0, 0.1) is 23.7 Å². The Labute approximate surface area is 645 Å². The van der Waals surface area contributed by atoms with Crippen LogP contribution in [0.15, 0.2) is 46.6 Å². The van der Waals surface area contributed by atoms with Gasteiger partial charge in [0, 0.05) is 72.9 Å². The fourth-order valence-electron chi connectivity index (χ4n) is 16.2. The molecule has 0 radical (unpaired) electrons. The Balaban J connectivity index is 1.01. The van der Waals surface area contributed by atoms with Crippen LogP contribution in [-0.4, -0.2) is 257 Å². The number of azide groups is 2. The number of anilines is 1. The molecule has 39 heteroatoms. The lowest BCUT2D eigenvalue weighted by Gasteiger charge is -2.40. The number of rotatable bonds is 17. The number of aliphatic hydroxyl groups is 6. The zero-order valence-corrected chi connectivity index (χ0v) is 64.1. The summed E-state index contributed by atoms with van der Waals surface area (Å²) < 4.78 is 11.9. The number of aliphatic hydroxyl groups excluding tert-OH is 4. The molecule has 7 aliphatic heterocycles. The van der Waals surface area contributed by atoms with Gasteiger partial charge in [-0.15, -0.1) is 0 Å². The Morgan fingerprint density at radius 1 is 0.491 bits per heavy atom. The van der Waals surface area contributed by atoms with E-state index in [1.54, 1.807) is 91.8 Å². The van der Waals surface area contributed by atoms with Crippen LogP contribution in [0.2, 0.25) is 0 Å². The van der Waals surface area contributed by atoms with Crippen LogP contribution in [-0.2, 0) is 84.6 Å². The number of nitrogens with zero attached hydrogens (tertiary/aromatic N) is 10. The summed E-state index contributed by atoms with van der Waals surface area (Å²) in [5.74, 6) is -15.1. The Bertz CT molecular complexity index is 3820. The number of carbonyl (C=O) groups is 12. The summed E-state index contributed by atoms with van der Waals surface area (Å²) >= 11 is 0. The molecule has 15 N–H and O–H groups in total. The van der Waals surface area contributed by atoms with Gasteiger partial charge in [0.15, 0.2) is 12.2 Å². The number of amides is 10. The fourth-order valence-corrected chi connectivity index (χ4v) is 16.2. The molecule has 10 amide bonds. The van der Waals surface area contributed by atoms with Crippen molar-refractivity contribution in [1.82, 2.24) is 62.6 Å². The molecule has 7 heterocycles. The number of esters is 2. The third-order valence-corrected chi connectivity index (χ3v) is 22.3. The first kappa shape index (κ1) is 84.6. The summed E-state index contributed by atoms with van der Waals surface area (Å²) in [7, 11) is 0. The van der Waals surface area contributed by atoms with Crippen molar-refractivity contribution in [3.8, 4) is 11.1 Å². The lowest BCUT2D eigenvalue weighted by Crippen LogP contribution is -2.67. The van der Waals surface area contributed by atoms with Gasteiger partial charge in [-0.05, 0) is 121 Å². The summed E-state index contributed by atoms with van der Waals surface area (Å²) in [6, 6.07) is -8.02. The highest BCUT2D eigenvalue weighted by Crippen LogP contribution is 2.53. The summed E-state index contributed by atoms with van der Waals surface area (Å²) in [5, 5.41) is 99.7. The van der Waals surface area contributed by atoms with E-state index in [2.05, 4.69) is 68.1 Å². The van der Waals surface area contributed by atoms with Crippen molar-refractivity contribution < 1.29 is 97.6 Å². The van der Waals surface area contributed by atoms with E-state index in [1.165, 1.54) is 13.8 Å². The third-order valence-electron chi connectivity index (χ3n) is 22.3. The summed E-state index contributed by atoms with van der Waals surface area (Å²) in [6.07, 6.45) is -12.2. The van der Waals surface area contributed by atoms with Crippen LogP contribution in [0.1, 0.15) is 150 Å². The van der Waals surface area contributed by atoms with Crippen LogP contribution in [0.3, 0.4) is 0 Å². The monoisotopic (exact) mass is 1570 g/mol. The van der Waals surface area contributed by atoms with E-state index in [0.717, 1.165) is 19.8 Å². The van der Waals surface area contributed by atoms with Gasteiger partial charge in [-0.25, -0.2) is 20.4 Å². The van der Waals surface area contributed by atoms with Gasteiger partial charge in [0.1, 0.15) is 77.8 Å². The average Bonchev–Trinajstić information content (AvgIpc) is 1.55. The van der Waals surface area contributed by atoms with E-state index in [1.807, 2.05) is 0 Å². The molecule has 0 unspecified atom stereocenters. The molecule has 39 nitrogen and oxygen atoms in total. The fraction of sp³-hybridized carbons (Fsp3) is 0.671. The van der Waals surface area contributed by atoms with E-state index < -0.39 is 228 Å². The molecule has 112 heavy (non-hydrogen) atoms. The molecule has 1 aliphatic carbocycles. The molecule has 610 valence electrons. The molecule has 6 fully saturated rings. The van der Waals surface area contributed by atoms with Crippen molar-refractivity contribution in [2.24, 2.45) is 33.9 Å². The lowest BCUT2D eigenvalue weighted by atomic mass is 9.86. The van der Waals surface area contributed by atoms with Crippen molar-refractivity contribution in [1.29, 1.82) is 0 Å². The number of carbonyl (C=O) groups excluding carboxylic acids is 12. The highest BCUT2D eigenvalue weighted by Gasteiger charge is 2.64. The number of nitrogens with one attached hydrogen (secondary N) is 9. The minimum absolute atomic E-state index is 0.000613. The summed E-state index contributed by atoms with van der Waals surface area (Å²) in [4.78, 5) is 186. The quantitative estimate of drug-likeness (QED) is 0.0286. The molecule has 2 aromatic rings. The predicted octanol–water partition coefficient (Wildman–Crippen LogP) is -1.35. The minimum Gasteiger partial charge on any atom is -0.450 e. The maximum atomic E-state index is 15.7. The van der Waals surface area contributed by atoms with Crippen molar-refractivity contribution in [2.45, 2.75) is 260 Å². The molecule has 2 aromatic carbocycles. The summed E-state index contributed by atoms with van der Waals surface area (Å²) in [5.41, 5.74) is 20.8. The number of hydrogen-bond donors (Lipinski definition) is 15. The smallest absolute Gasteiger partial charge is 0.329 e. The first-order chi connectivity index (χ1) is 53.0. The molecule has 10 rings (SSSR count). The maximum absolute atomic E-state index is 15.7. The van der Waals surface area contributed by atoms with Crippen molar-refractivity contribution in [3.63, 3.8) is 0 Å². The number of ether oxygens (including phenoxy) is 2. The van der Waals surface area contributed by atoms with Crippen LogP contribution >= 0.6 is 0 Å². The molecule has 8 aliphatic rings. The number of fused-ring (bicyclic) bond motifs is 12. The minimum atomic E-state index is -2.25. The Morgan fingerprint density at radius 2 is 0.902 bits per heavy atom. The third kappa shape index (κ3) is 17.4. The highest BCUT2D eigenvalue weighted by atomic mass is 16.6. The van der Waals surface area contributed by atoms with Gasteiger partial charge < -0.3 is 87.1 Å². The molecule has 0 saturated carbocycles. The Kier molecular flexibility index (Phi) is 26.5. The van der Waals surface area contributed by atoms with Gasteiger partial charge in [0.25, 0.3) is 11.8 Å². The van der Waals surface area contributed by atoms with Gasteiger partial charge in [0.2, 0.25) is 47.3 Å². The number of unbranched alkanes of at least 4 members (excludes halogenated alkanes) is 2. The number of β-amino-alcohol motifs (C(OH)–C–C–N with tert-alkyl or cyclic N) is 2. The zero-order valence-electron chi connectivity index (χ0n) is 64.1. The van der Waals surface area contributed by atoms with Gasteiger partial charge >= 0.3 is 11.9 Å². The number of hydrogen-bond acceptors (Lipinski definition) is 25. The Morgan fingerprint density at radius 3 is 1.34 bits per heavy atom. The number of benzene rings is 2. The van der Waals surface area contributed by atoms with Crippen LogP contribution in [0.25, 0.3) is 32.0 Å². The van der Waals surface area contributed by atoms with Crippen LogP contribution in [0.4, 0.5) is 5.69 Å².